The monoisotopic (exact) mass is 381 g/mol. The van der Waals surface area contributed by atoms with E-state index in [9.17, 15) is 14.4 Å². The third-order valence-corrected chi connectivity index (χ3v) is 4.13. The van der Waals surface area contributed by atoms with Crippen LogP contribution < -0.4 is 5.32 Å². The van der Waals surface area contributed by atoms with Gasteiger partial charge in [-0.25, -0.2) is 14.6 Å². The molecule has 0 saturated heterocycles. The molecule has 2 aromatic heterocycles. The summed E-state index contributed by atoms with van der Waals surface area (Å²) < 4.78 is 9.73. The van der Waals surface area contributed by atoms with Gasteiger partial charge in [0.15, 0.2) is 6.61 Å². The number of aromatic nitrogens is 2. The number of fused-ring (bicyclic) bond motifs is 1. The minimum Gasteiger partial charge on any atom is -0.467 e. The number of nitrogens with zero attached hydrogens (tertiary/aromatic N) is 1. The second-order valence-electron chi connectivity index (χ2n) is 6.00. The van der Waals surface area contributed by atoms with Crippen LogP contribution >= 0.6 is 0 Å². The van der Waals surface area contributed by atoms with Crippen LogP contribution in [0, 0.1) is 0 Å². The number of rotatable bonds is 7. The molecular weight excluding hydrogens is 362 g/mol. The largest absolute Gasteiger partial charge is 0.467 e. The Kier molecular flexibility index (Phi) is 6.01. The highest BCUT2D eigenvalue weighted by Crippen LogP contribution is 2.19. The van der Waals surface area contributed by atoms with Gasteiger partial charge in [-0.05, 0) is 23.8 Å². The number of benzene rings is 1. The summed E-state index contributed by atoms with van der Waals surface area (Å²) in [4.78, 5) is 43.1. The molecule has 28 heavy (non-hydrogen) atoms. The first-order valence-electron chi connectivity index (χ1n) is 8.59. The van der Waals surface area contributed by atoms with E-state index in [2.05, 4.69) is 15.3 Å². The van der Waals surface area contributed by atoms with Crippen molar-refractivity contribution in [3.8, 4) is 0 Å². The maximum Gasteiger partial charge on any atom is 0.357 e. The Hall–Kier alpha value is -3.68. The van der Waals surface area contributed by atoms with Gasteiger partial charge in [0.25, 0.3) is 5.91 Å². The van der Waals surface area contributed by atoms with Crippen molar-refractivity contribution in [3.63, 3.8) is 0 Å². The third kappa shape index (κ3) is 4.53. The topological polar surface area (TPSA) is 110 Å². The van der Waals surface area contributed by atoms with Crippen molar-refractivity contribution in [3.05, 3.63) is 66.1 Å². The number of para-hydroxylation sites is 1. The minimum absolute atomic E-state index is 0.0959. The average Bonchev–Trinajstić information content (AvgIpc) is 3.14. The quantitative estimate of drug-likeness (QED) is 0.602. The molecule has 1 aromatic carbocycles. The van der Waals surface area contributed by atoms with E-state index in [0.29, 0.717) is 0 Å². The van der Waals surface area contributed by atoms with Crippen LogP contribution in [0.5, 0.6) is 0 Å². The molecule has 0 aliphatic rings. The van der Waals surface area contributed by atoms with Crippen LogP contribution in [0.25, 0.3) is 10.9 Å². The van der Waals surface area contributed by atoms with Gasteiger partial charge >= 0.3 is 11.9 Å². The number of nitrogens with one attached hydrogen (secondary N) is 2. The van der Waals surface area contributed by atoms with Crippen LogP contribution in [0.2, 0.25) is 0 Å². The number of carbonyl (C=O) groups excluding carboxylic acids is 3. The van der Waals surface area contributed by atoms with Crippen molar-refractivity contribution >= 4 is 28.7 Å². The zero-order valence-corrected chi connectivity index (χ0v) is 15.2. The van der Waals surface area contributed by atoms with E-state index in [0.717, 1.165) is 16.5 Å². The van der Waals surface area contributed by atoms with Crippen LogP contribution in [-0.2, 0) is 25.5 Å². The molecule has 2 N–H and O–H groups in total. The lowest BCUT2D eigenvalue weighted by atomic mass is 10.0. The maximum absolute atomic E-state index is 12.2. The summed E-state index contributed by atoms with van der Waals surface area (Å²) >= 11 is 0. The van der Waals surface area contributed by atoms with Crippen molar-refractivity contribution in [2.75, 3.05) is 13.7 Å². The molecule has 0 fully saturated rings. The first-order chi connectivity index (χ1) is 13.6. The van der Waals surface area contributed by atoms with E-state index in [4.69, 9.17) is 9.47 Å². The lowest BCUT2D eigenvalue weighted by Crippen LogP contribution is -2.44. The van der Waals surface area contributed by atoms with Gasteiger partial charge in [0.1, 0.15) is 11.7 Å². The number of carbonyl (C=O) groups is 3. The van der Waals surface area contributed by atoms with E-state index in [1.54, 1.807) is 18.3 Å². The first kappa shape index (κ1) is 19.1. The molecule has 0 aliphatic heterocycles. The summed E-state index contributed by atoms with van der Waals surface area (Å²) in [6, 6.07) is 11.5. The fourth-order valence-corrected chi connectivity index (χ4v) is 2.78. The average molecular weight is 381 g/mol. The molecule has 1 amide bonds. The molecule has 144 valence electrons. The molecule has 3 aromatic rings. The van der Waals surface area contributed by atoms with E-state index in [-0.39, 0.29) is 12.1 Å². The Morgan fingerprint density at radius 2 is 1.93 bits per heavy atom. The summed E-state index contributed by atoms with van der Waals surface area (Å²) in [5, 5.41) is 3.50. The molecule has 0 radical (unpaired) electrons. The Bertz CT molecular complexity index is 984. The third-order valence-electron chi connectivity index (χ3n) is 4.13. The molecule has 0 saturated carbocycles. The summed E-state index contributed by atoms with van der Waals surface area (Å²) in [6.45, 7) is -0.531. The number of hydrogen-bond donors (Lipinski definition) is 2. The molecule has 0 spiro atoms. The molecule has 0 unspecified atom stereocenters. The molecule has 1 atom stereocenters. The van der Waals surface area contributed by atoms with E-state index in [1.165, 1.54) is 19.4 Å². The number of H-pyrrole nitrogens is 1. The highest BCUT2D eigenvalue weighted by molar-refractivity contribution is 5.91. The second kappa shape index (κ2) is 8.81. The predicted octanol–water partition coefficient (Wildman–Crippen LogP) is 1.62. The minimum atomic E-state index is -0.912. The zero-order valence-electron chi connectivity index (χ0n) is 15.2. The Balaban J connectivity index is 1.63. The number of pyridine rings is 1. The summed E-state index contributed by atoms with van der Waals surface area (Å²) in [7, 11) is 1.25. The van der Waals surface area contributed by atoms with Crippen molar-refractivity contribution < 1.29 is 23.9 Å². The Labute approximate surface area is 160 Å². The van der Waals surface area contributed by atoms with Crippen molar-refractivity contribution in [1.82, 2.24) is 15.3 Å². The first-order valence-corrected chi connectivity index (χ1v) is 8.59. The molecule has 2 heterocycles. The van der Waals surface area contributed by atoms with E-state index < -0.39 is 30.5 Å². The van der Waals surface area contributed by atoms with Gasteiger partial charge in [-0.1, -0.05) is 24.3 Å². The summed E-state index contributed by atoms with van der Waals surface area (Å²) in [5.41, 5.74) is 1.88. The highest BCUT2D eigenvalue weighted by Gasteiger charge is 2.24. The number of esters is 2. The molecule has 8 heteroatoms. The van der Waals surface area contributed by atoms with Crippen LogP contribution in [0.4, 0.5) is 0 Å². The predicted molar refractivity (Wildman–Crippen MR) is 100 cm³/mol. The van der Waals surface area contributed by atoms with Gasteiger partial charge < -0.3 is 19.8 Å². The number of amides is 1. The lowest BCUT2D eigenvalue weighted by molar-refractivity contribution is -0.145. The van der Waals surface area contributed by atoms with Crippen molar-refractivity contribution in [1.29, 1.82) is 0 Å². The fourth-order valence-electron chi connectivity index (χ4n) is 2.78. The zero-order chi connectivity index (χ0) is 19.9. The Morgan fingerprint density at radius 3 is 2.68 bits per heavy atom. The van der Waals surface area contributed by atoms with E-state index in [1.807, 2.05) is 24.3 Å². The summed E-state index contributed by atoms with van der Waals surface area (Å²) in [5.74, 6) is -1.92. The van der Waals surface area contributed by atoms with Crippen molar-refractivity contribution in [2.24, 2.45) is 0 Å². The SMILES string of the molecule is COC(=O)[C@@H](Cc1c[nH]c2ccccc12)NC(=O)COC(=O)c1ccccn1. The number of methoxy groups -OCH3 is 1. The summed E-state index contributed by atoms with van der Waals surface area (Å²) in [6.07, 6.45) is 3.47. The molecule has 0 aliphatic carbocycles. The van der Waals surface area contributed by atoms with Gasteiger partial charge in [-0.2, -0.15) is 0 Å². The smallest absolute Gasteiger partial charge is 0.357 e. The van der Waals surface area contributed by atoms with Gasteiger partial charge in [0.05, 0.1) is 7.11 Å². The van der Waals surface area contributed by atoms with Crippen LogP contribution in [0.15, 0.2) is 54.9 Å². The number of ether oxygens (including phenoxy) is 2. The highest BCUT2D eigenvalue weighted by atomic mass is 16.5. The molecular formula is C20H19N3O5. The van der Waals surface area contributed by atoms with E-state index >= 15 is 0 Å². The normalized spacial score (nSPS) is 11.6. The van der Waals surface area contributed by atoms with Crippen molar-refractivity contribution in [2.45, 2.75) is 12.5 Å². The molecule has 3 rings (SSSR count). The van der Waals surface area contributed by atoms with Gasteiger partial charge in [-0.15, -0.1) is 0 Å². The van der Waals surface area contributed by atoms with Crippen LogP contribution in [0.3, 0.4) is 0 Å². The Morgan fingerprint density at radius 1 is 1.14 bits per heavy atom. The second-order valence-corrected chi connectivity index (χ2v) is 6.00. The number of hydrogen-bond acceptors (Lipinski definition) is 6. The maximum atomic E-state index is 12.2. The molecule has 0 bridgehead atoms. The van der Waals surface area contributed by atoms with Crippen LogP contribution in [-0.4, -0.2) is 47.6 Å². The standard InChI is InChI=1S/C20H19N3O5/c1-27-19(25)17(10-13-11-22-15-7-3-2-6-14(13)15)23-18(24)12-28-20(26)16-8-4-5-9-21-16/h2-9,11,17,22H,10,12H2,1H3,(H,23,24)/t17-/m1/s1. The molecule has 8 nitrogen and oxygen atoms in total. The number of aromatic amines is 1. The van der Waals surface area contributed by atoms with Crippen LogP contribution in [0.1, 0.15) is 16.1 Å². The van der Waals surface area contributed by atoms with Gasteiger partial charge in [0, 0.05) is 29.7 Å². The lowest BCUT2D eigenvalue weighted by Gasteiger charge is -2.16. The van der Waals surface area contributed by atoms with Gasteiger partial charge in [-0.3, -0.25) is 4.79 Å². The van der Waals surface area contributed by atoms with Gasteiger partial charge in [0.2, 0.25) is 0 Å². The fraction of sp³-hybridized carbons (Fsp3) is 0.200.